The van der Waals surface area contributed by atoms with E-state index in [-0.39, 0.29) is 13.0 Å². The minimum absolute atomic E-state index is 0.00560. The van der Waals surface area contributed by atoms with Crippen LogP contribution in [0.15, 0.2) is 18.2 Å². The van der Waals surface area contributed by atoms with Gasteiger partial charge in [-0.2, -0.15) is 5.26 Å². The van der Waals surface area contributed by atoms with E-state index in [1.54, 1.807) is 6.07 Å². The van der Waals surface area contributed by atoms with Gasteiger partial charge in [0.1, 0.15) is 6.61 Å². The van der Waals surface area contributed by atoms with Gasteiger partial charge in [0.05, 0.1) is 12.5 Å². The van der Waals surface area contributed by atoms with Gasteiger partial charge in [-0.1, -0.05) is 6.07 Å². The number of para-hydroxylation sites is 1. The number of nitriles is 1. The monoisotopic (exact) mass is 183 g/mol. The highest BCUT2D eigenvalue weighted by Gasteiger charge is 2.08. The van der Waals surface area contributed by atoms with E-state index in [2.05, 4.69) is 0 Å². The van der Waals surface area contributed by atoms with Crippen LogP contribution in [0.4, 0.5) is 8.78 Å². The van der Waals surface area contributed by atoms with Gasteiger partial charge in [-0.15, -0.1) is 0 Å². The molecule has 0 radical (unpaired) electrons. The number of nitrogens with zero attached hydrogens (tertiary/aromatic N) is 1. The highest BCUT2D eigenvalue weighted by atomic mass is 19.1. The number of ether oxygens (including phenoxy) is 1. The summed E-state index contributed by atoms with van der Waals surface area (Å²) in [4.78, 5) is 0. The van der Waals surface area contributed by atoms with Crippen LogP contribution in [-0.2, 0) is 0 Å². The Labute approximate surface area is 74.4 Å². The smallest absolute Gasteiger partial charge is 0.190 e. The summed E-state index contributed by atoms with van der Waals surface area (Å²) < 4.78 is 30.4. The van der Waals surface area contributed by atoms with Crippen LogP contribution in [0, 0.1) is 23.0 Å². The Morgan fingerprint density at radius 1 is 1.31 bits per heavy atom. The molecule has 1 rings (SSSR count). The quantitative estimate of drug-likeness (QED) is 0.673. The third kappa shape index (κ3) is 2.41. The van der Waals surface area contributed by atoms with E-state index in [0.29, 0.717) is 0 Å². The molecule has 2 nitrogen and oxygen atoms in total. The molecule has 0 aliphatic heterocycles. The molecule has 0 N–H and O–H groups in total. The van der Waals surface area contributed by atoms with Gasteiger partial charge in [-0.25, -0.2) is 8.78 Å². The molecule has 68 valence electrons. The maximum Gasteiger partial charge on any atom is 0.190 e. The second-order valence-electron chi connectivity index (χ2n) is 2.31. The average Bonchev–Trinajstić information content (AvgIpc) is 2.10. The number of hydrogen-bond donors (Lipinski definition) is 0. The van der Waals surface area contributed by atoms with Crippen molar-refractivity contribution in [3.05, 3.63) is 29.8 Å². The van der Waals surface area contributed by atoms with Crippen molar-refractivity contribution in [1.82, 2.24) is 0 Å². The van der Waals surface area contributed by atoms with Crippen molar-refractivity contribution in [2.75, 3.05) is 6.61 Å². The lowest BCUT2D eigenvalue weighted by Crippen LogP contribution is -2.00. The highest BCUT2D eigenvalue weighted by molar-refractivity contribution is 5.25. The molecule has 0 saturated carbocycles. The Morgan fingerprint density at radius 3 is 2.46 bits per heavy atom. The van der Waals surface area contributed by atoms with Crippen molar-refractivity contribution in [3.63, 3.8) is 0 Å². The molecule has 0 amide bonds. The molecule has 0 aliphatic carbocycles. The Hall–Kier alpha value is -1.63. The molecule has 0 aromatic heterocycles. The zero-order chi connectivity index (χ0) is 9.68. The first-order valence-electron chi connectivity index (χ1n) is 3.69. The molecule has 0 aliphatic rings. The number of rotatable bonds is 3. The zero-order valence-electron chi connectivity index (χ0n) is 6.76. The Bertz CT molecular complexity index is 313. The summed E-state index contributed by atoms with van der Waals surface area (Å²) in [5, 5.41) is 8.17. The summed E-state index contributed by atoms with van der Waals surface area (Å²) in [6.07, 6.45) is 0.105. The van der Waals surface area contributed by atoms with Crippen LogP contribution >= 0.6 is 0 Å². The maximum absolute atomic E-state index is 12.8. The SMILES string of the molecule is N#CCCOc1c(F)cccc1F. The molecule has 0 fully saturated rings. The lowest BCUT2D eigenvalue weighted by molar-refractivity contribution is 0.292. The largest absolute Gasteiger partial charge is 0.487 e. The van der Waals surface area contributed by atoms with Gasteiger partial charge < -0.3 is 4.74 Å². The van der Waals surface area contributed by atoms with Gasteiger partial charge >= 0.3 is 0 Å². The third-order valence-electron chi connectivity index (χ3n) is 1.38. The van der Waals surface area contributed by atoms with Crippen LogP contribution in [0.3, 0.4) is 0 Å². The van der Waals surface area contributed by atoms with Gasteiger partial charge in [0.15, 0.2) is 17.4 Å². The van der Waals surface area contributed by atoms with Crippen LogP contribution in [-0.4, -0.2) is 6.61 Å². The van der Waals surface area contributed by atoms with Crippen molar-refractivity contribution >= 4 is 0 Å². The minimum atomic E-state index is -0.752. The second-order valence-corrected chi connectivity index (χ2v) is 2.31. The van der Waals surface area contributed by atoms with Crippen molar-refractivity contribution in [2.24, 2.45) is 0 Å². The first-order chi connectivity index (χ1) is 6.25. The Balaban J connectivity index is 2.71. The summed E-state index contributed by atoms with van der Waals surface area (Å²) in [5.74, 6) is -1.92. The molecule has 1 aromatic carbocycles. The lowest BCUT2D eigenvalue weighted by atomic mass is 10.3. The standard InChI is InChI=1S/C9H7F2NO/c10-7-3-1-4-8(11)9(7)13-6-2-5-12/h1,3-4H,2,6H2. The predicted molar refractivity (Wildman–Crippen MR) is 42.1 cm³/mol. The van der Waals surface area contributed by atoms with E-state index in [0.717, 1.165) is 12.1 Å². The topological polar surface area (TPSA) is 33.0 Å². The van der Waals surface area contributed by atoms with E-state index in [1.165, 1.54) is 6.07 Å². The number of hydrogen-bond acceptors (Lipinski definition) is 2. The van der Waals surface area contributed by atoms with Gasteiger partial charge in [0, 0.05) is 0 Å². The molecule has 1 aromatic rings. The summed E-state index contributed by atoms with van der Waals surface area (Å²) in [6.45, 7) is -0.00560. The summed E-state index contributed by atoms with van der Waals surface area (Å²) in [7, 11) is 0. The van der Waals surface area contributed by atoms with Crippen LogP contribution in [0.5, 0.6) is 5.75 Å². The summed E-state index contributed by atoms with van der Waals surface area (Å²) in [5.41, 5.74) is 0. The van der Waals surface area contributed by atoms with E-state index in [9.17, 15) is 8.78 Å². The van der Waals surface area contributed by atoms with Crippen LogP contribution in [0.2, 0.25) is 0 Å². The molecule has 0 atom stereocenters. The Morgan fingerprint density at radius 2 is 1.92 bits per heavy atom. The van der Waals surface area contributed by atoms with Gasteiger partial charge in [0.25, 0.3) is 0 Å². The molecule has 13 heavy (non-hydrogen) atoms. The van der Waals surface area contributed by atoms with Gasteiger partial charge in [-0.3, -0.25) is 0 Å². The average molecular weight is 183 g/mol. The zero-order valence-corrected chi connectivity index (χ0v) is 6.76. The van der Waals surface area contributed by atoms with Crippen molar-refractivity contribution in [2.45, 2.75) is 6.42 Å². The van der Waals surface area contributed by atoms with Crippen molar-refractivity contribution in [3.8, 4) is 11.8 Å². The van der Waals surface area contributed by atoms with E-state index in [4.69, 9.17) is 10.00 Å². The van der Waals surface area contributed by atoms with E-state index in [1.807, 2.05) is 0 Å². The van der Waals surface area contributed by atoms with Crippen LogP contribution in [0.25, 0.3) is 0 Å². The minimum Gasteiger partial charge on any atom is -0.487 e. The fraction of sp³-hybridized carbons (Fsp3) is 0.222. The van der Waals surface area contributed by atoms with E-state index >= 15 is 0 Å². The van der Waals surface area contributed by atoms with Crippen LogP contribution in [0.1, 0.15) is 6.42 Å². The predicted octanol–water partition coefficient (Wildman–Crippen LogP) is 2.26. The normalized spacial score (nSPS) is 9.31. The number of halogens is 2. The molecule has 0 saturated heterocycles. The number of benzene rings is 1. The summed E-state index contributed by atoms with van der Waals surface area (Å²) >= 11 is 0. The Kier molecular flexibility index (Phi) is 3.21. The molecular weight excluding hydrogens is 176 g/mol. The first kappa shape index (κ1) is 9.46. The second kappa shape index (κ2) is 4.41. The molecule has 0 bridgehead atoms. The molecule has 0 heterocycles. The molecule has 0 unspecified atom stereocenters. The fourth-order valence-electron chi connectivity index (χ4n) is 0.819. The first-order valence-corrected chi connectivity index (χ1v) is 3.69. The van der Waals surface area contributed by atoms with Gasteiger partial charge in [-0.05, 0) is 12.1 Å². The molecular formula is C9H7F2NO. The highest BCUT2D eigenvalue weighted by Crippen LogP contribution is 2.20. The van der Waals surface area contributed by atoms with Crippen molar-refractivity contribution < 1.29 is 13.5 Å². The van der Waals surface area contributed by atoms with E-state index < -0.39 is 17.4 Å². The lowest BCUT2D eigenvalue weighted by Gasteiger charge is -2.05. The van der Waals surface area contributed by atoms with Gasteiger partial charge in [0.2, 0.25) is 0 Å². The van der Waals surface area contributed by atoms with Crippen LogP contribution < -0.4 is 4.74 Å². The fourth-order valence-corrected chi connectivity index (χ4v) is 0.819. The van der Waals surface area contributed by atoms with Crippen molar-refractivity contribution in [1.29, 1.82) is 5.26 Å². The summed E-state index contributed by atoms with van der Waals surface area (Å²) in [6, 6.07) is 5.26. The third-order valence-corrected chi connectivity index (χ3v) is 1.38. The maximum atomic E-state index is 12.8. The molecule has 0 spiro atoms. The molecule has 4 heteroatoms.